The highest BCUT2D eigenvalue weighted by Crippen LogP contribution is 2.26. The highest BCUT2D eigenvalue weighted by atomic mass is 16.3. The summed E-state index contributed by atoms with van der Waals surface area (Å²) < 4.78 is 1.84. The maximum atomic E-state index is 15.5. The number of nitrogens with two attached hydrogens (primary N) is 3. The number of likely N-dealkylation sites (tertiary alicyclic amines) is 1. The van der Waals surface area contributed by atoms with Crippen LogP contribution >= 0.6 is 0 Å². The molecule has 2 saturated heterocycles. The van der Waals surface area contributed by atoms with Gasteiger partial charge in [0, 0.05) is 105 Å². The van der Waals surface area contributed by atoms with E-state index in [4.69, 9.17) is 17.2 Å². The SMILES string of the molecule is CC(C)C[C@@H](C(=O)N[C@@H](CCCN=C(N)N)C(=O)N1CCC[C@H]1C(=O)NNC(N)=O)N(C)C(=O)[C@@H](Cc1cn(C)c2ccccc12)NC(=O)[C@H](Cc1ccc(O)cc1)NC(=O)[C@H](CO)NC(=O)[C@H](Cc1c[nH]c2ccccc12)NC(=O)[C@H](Cc1cnc[nH]1)NC(=O)[C@@H]1CCC(=O)N1. The predicted octanol–water partition coefficient (Wildman–Crippen LogP) is -1.84. The van der Waals surface area contributed by atoms with E-state index in [1.54, 1.807) is 49.8 Å². The van der Waals surface area contributed by atoms with Gasteiger partial charge in [-0.15, -0.1) is 0 Å². The first-order chi connectivity index (χ1) is 46.4. The number of urea groups is 1. The molecule has 2 aliphatic heterocycles. The number of aliphatic hydroxyl groups excluding tert-OH is 1. The van der Waals surface area contributed by atoms with Crippen LogP contribution in [-0.4, -0.2) is 192 Å². The third-order valence-corrected chi connectivity index (χ3v) is 17.0. The standard InChI is InChI=1S/C65H85N19O13/c1-35(2)25-53(60(93)74-45(14-9-23-70-64(66)67)63(96)84-24-10-16-52(84)61(94)80-81-65(68)97)83(4)62(95)49(28-38-32-82(3)51-15-8-6-12-42(38)51)78-56(89)46(26-36-17-19-40(86)20-18-36)75-59(92)50(33-85)79-57(90)47(27-37-30-71-43-13-7-5-11-41(37)43)76-58(91)48(29-39-31-69-34-72-39)77-55(88)44-21-22-54(87)73-44/h5-8,11-13,15,17-20,30-32,34-35,44-50,52-53,71,85-86H,9-10,14,16,21-29,33H2,1-4H3,(H,69,72)(H,73,87)(H,74,93)(H,75,92)(H,76,91)(H,77,88)(H,78,89)(H,79,90)(H,80,94)(H4,66,67,70)(H3,68,81,97)/t44-,45-,46-,47-,48-,49+,50-,52-,53-/m0/s1. The van der Waals surface area contributed by atoms with E-state index in [1.807, 2.05) is 42.0 Å². The van der Waals surface area contributed by atoms with Crippen molar-refractivity contribution in [3.05, 3.63) is 120 Å². The largest absolute Gasteiger partial charge is 0.508 e. The molecule has 518 valence electrons. The lowest BCUT2D eigenvalue weighted by atomic mass is 9.98. The molecule has 32 heteroatoms. The summed E-state index contributed by atoms with van der Waals surface area (Å²) in [5, 5.41) is 41.6. The van der Waals surface area contributed by atoms with E-state index < -0.39 is 120 Å². The van der Waals surface area contributed by atoms with Crippen LogP contribution in [0.25, 0.3) is 21.8 Å². The van der Waals surface area contributed by atoms with Gasteiger partial charge in [-0.1, -0.05) is 62.4 Å². The molecule has 0 unspecified atom stereocenters. The fourth-order valence-corrected chi connectivity index (χ4v) is 12.0. The molecule has 32 nitrogen and oxygen atoms in total. The summed E-state index contributed by atoms with van der Waals surface area (Å²) in [5.74, 6) is -8.26. The predicted molar refractivity (Wildman–Crippen MR) is 354 cm³/mol. The molecular weight excluding hydrogens is 1250 g/mol. The molecule has 2 aliphatic rings. The number of guanidine groups is 1. The Hall–Kier alpha value is -11.1. The van der Waals surface area contributed by atoms with E-state index in [0.717, 1.165) is 10.9 Å². The summed E-state index contributed by atoms with van der Waals surface area (Å²) >= 11 is 0. The van der Waals surface area contributed by atoms with Gasteiger partial charge in [-0.3, -0.25) is 58.4 Å². The van der Waals surface area contributed by atoms with Gasteiger partial charge in [0.1, 0.15) is 60.1 Å². The summed E-state index contributed by atoms with van der Waals surface area (Å²) in [7, 11) is 3.18. The molecule has 9 atom stereocenters. The van der Waals surface area contributed by atoms with E-state index in [1.165, 1.54) is 53.6 Å². The van der Waals surface area contributed by atoms with Crippen LogP contribution in [0.4, 0.5) is 4.79 Å². The van der Waals surface area contributed by atoms with Crippen LogP contribution in [-0.2, 0) is 80.7 Å². The number of carbonyl (C=O) groups excluding carboxylic acids is 11. The van der Waals surface area contributed by atoms with Crippen molar-refractivity contribution < 1.29 is 63.0 Å². The number of primary amides is 1. The fraction of sp³-hybridized carbons (Fsp3) is 0.431. The summed E-state index contributed by atoms with van der Waals surface area (Å²) in [6.45, 7) is 2.79. The number of hydrogen-bond donors (Lipinski definition) is 16. The summed E-state index contributed by atoms with van der Waals surface area (Å²) in [4.78, 5) is 171. The quantitative estimate of drug-likeness (QED) is 0.00984. The number of phenolic OH excluding ortho intramolecular Hbond substituents is 1. The third-order valence-electron chi connectivity index (χ3n) is 17.0. The van der Waals surface area contributed by atoms with Crippen molar-refractivity contribution in [2.24, 2.45) is 35.2 Å². The Kier molecular flexibility index (Phi) is 24.7. The number of para-hydroxylation sites is 2. The molecule has 2 fully saturated rings. The Bertz CT molecular complexity index is 3850. The normalized spacial score (nSPS) is 16.5. The van der Waals surface area contributed by atoms with Crippen LogP contribution in [0.1, 0.15) is 81.2 Å². The fourth-order valence-electron chi connectivity index (χ4n) is 12.0. The van der Waals surface area contributed by atoms with Crippen LogP contribution in [0.3, 0.4) is 0 Å². The van der Waals surface area contributed by atoms with E-state index in [2.05, 4.69) is 62.6 Å². The number of fused-ring (bicyclic) bond motifs is 2. The third kappa shape index (κ3) is 19.3. The maximum absolute atomic E-state index is 15.5. The molecule has 19 N–H and O–H groups in total. The van der Waals surface area contributed by atoms with Crippen LogP contribution < -0.4 is 65.3 Å². The summed E-state index contributed by atoms with van der Waals surface area (Å²) in [6, 6.07) is 6.89. The number of hydrazine groups is 1. The van der Waals surface area contributed by atoms with Gasteiger partial charge in [0.05, 0.1) is 12.9 Å². The second kappa shape index (κ2) is 33.4. The van der Waals surface area contributed by atoms with Crippen molar-refractivity contribution in [2.45, 2.75) is 139 Å². The number of amides is 12. The van der Waals surface area contributed by atoms with E-state index in [-0.39, 0.29) is 101 Å². The van der Waals surface area contributed by atoms with Gasteiger partial charge in [-0.2, -0.15) is 0 Å². The van der Waals surface area contributed by atoms with Crippen molar-refractivity contribution in [1.82, 2.24) is 77.4 Å². The number of nitrogens with one attached hydrogen (secondary N) is 11. The smallest absolute Gasteiger partial charge is 0.330 e. The van der Waals surface area contributed by atoms with Crippen molar-refractivity contribution in [3.63, 3.8) is 0 Å². The molecule has 0 aliphatic carbocycles. The molecule has 0 spiro atoms. The molecule has 0 bridgehead atoms. The number of imidazole rings is 1. The number of aromatic nitrogens is 4. The van der Waals surface area contributed by atoms with Crippen LogP contribution in [0, 0.1) is 5.92 Å². The number of aliphatic imine (C=N–C) groups is 1. The second-order valence-electron chi connectivity index (χ2n) is 24.6. The van der Waals surface area contributed by atoms with Gasteiger partial charge in [0.25, 0.3) is 5.91 Å². The zero-order valence-electron chi connectivity index (χ0n) is 54.3. The number of aromatic amines is 2. The van der Waals surface area contributed by atoms with Crippen LogP contribution in [0.2, 0.25) is 0 Å². The number of likely N-dealkylation sites (N-methyl/N-ethyl adjacent to an activating group) is 1. The molecule has 5 heterocycles. The maximum Gasteiger partial charge on any atom is 0.330 e. The highest BCUT2D eigenvalue weighted by molar-refractivity contribution is 6.00. The van der Waals surface area contributed by atoms with E-state index in [0.29, 0.717) is 39.7 Å². The van der Waals surface area contributed by atoms with Gasteiger partial charge in [-0.25, -0.2) is 15.2 Å². The van der Waals surface area contributed by atoms with Gasteiger partial charge in [-0.05, 0) is 85.4 Å². The Labute approximate surface area is 557 Å². The minimum absolute atomic E-state index is 0.0205. The molecular formula is C65H85N19O13. The van der Waals surface area contributed by atoms with Crippen molar-refractivity contribution in [2.75, 3.05) is 26.7 Å². The number of phenols is 1. The van der Waals surface area contributed by atoms with Crippen molar-refractivity contribution in [1.29, 1.82) is 0 Å². The first kappa shape index (κ1) is 71.8. The molecule has 8 rings (SSSR count). The van der Waals surface area contributed by atoms with Crippen molar-refractivity contribution in [3.8, 4) is 5.75 Å². The van der Waals surface area contributed by atoms with E-state index in [9.17, 15) is 53.4 Å². The van der Waals surface area contributed by atoms with Gasteiger partial charge < -0.3 is 89.0 Å². The molecule has 6 aromatic rings. The lowest BCUT2D eigenvalue weighted by Gasteiger charge is -2.34. The molecule has 3 aromatic heterocycles. The number of carbonyl (C=O) groups is 11. The average molecular weight is 1340 g/mol. The zero-order chi connectivity index (χ0) is 70.0. The monoisotopic (exact) mass is 1340 g/mol. The van der Waals surface area contributed by atoms with Crippen LogP contribution in [0.15, 0.2) is 103 Å². The minimum atomic E-state index is -1.81. The number of nitrogens with zero attached hydrogens (tertiary/aromatic N) is 5. The molecule has 3 aromatic carbocycles. The molecule has 0 radical (unpaired) electrons. The van der Waals surface area contributed by atoms with Crippen molar-refractivity contribution >= 4 is 92.9 Å². The number of hydrogen-bond acceptors (Lipinski definition) is 15. The molecule has 97 heavy (non-hydrogen) atoms. The van der Waals surface area contributed by atoms with Gasteiger partial charge in [0.15, 0.2) is 5.96 Å². The zero-order valence-corrected chi connectivity index (χ0v) is 54.3. The van der Waals surface area contributed by atoms with Gasteiger partial charge in [0.2, 0.25) is 53.2 Å². The first-order valence-corrected chi connectivity index (χ1v) is 31.9. The number of benzene rings is 3. The minimum Gasteiger partial charge on any atom is -0.508 e. The first-order valence-electron chi connectivity index (χ1n) is 31.9. The lowest BCUT2D eigenvalue weighted by Crippen LogP contribution is -2.62. The Balaban J connectivity index is 1.07. The number of H-pyrrole nitrogens is 2. The molecule has 12 amide bonds. The Morgan fingerprint density at radius 1 is 0.711 bits per heavy atom. The van der Waals surface area contributed by atoms with Gasteiger partial charge >= 0.3 is 6.03 Å². The highest BCUT2D eigenvalue weighted by Gasteiger charge is 2.41. The molecule has 0 saturated carbocycles. The summed E-state index contributed by atoms with van der Waals surface area (Å²) in [6.07, 6.45) is 6.59. The summed E-state index contributed by atoms with van der Waals surface area (Å²) in [5.41, 5.74) is 24.1. The lowest BCUT2D eigenvalue weighted by molar-refractivity contribution is -0.145. The topological polar surface area (TPSA) is 483 Å². The average Bonchev–Trinajstić information content (AvgIpc) is 1.71. The number of rotatable bonds is 31. The Morgan fingerprint density at radius 3 is 1.99 bits per heavy atom. The Morgan fingerprint density at radius 2 is 1.34 bits per heavy atom. The number of aliphatic hydroxyl groups is 1. The second-order valence-corrected chi connectivity index (χ2v) is 24.6. The number of aromatic hydroxyl groups is 1. The van der Waals surface area contributed by atoms with Crippen LogP contribution in [0.5, 0.6) is 5.75 Å². The van der Waals surface area contributed by atoms with E-state index >= 15 is 9.59 Å². The number of aryl methyl sites for hydroxylation is 1.